The molecule has 1 aromatic carbocycles. The lowest BCUT2D eigenvalue weighted by Crippen LogP contribution is -2.47. The number of carbonyl (C=O) groups is 1. The molecule has 1 aromatic heterocycles. The molecule has 1 saturated heterocycles. The van der Waals surface area contributed by atoms with Crippen LogP contribution < -0.4 is 27.2 Å². The summed E-state index contributed by atoms with van der Waals surface area (Å²) < 4.78 is 7.41. The normalized spacial score (nSPS) is 14.1. The van der Waals surface area contributed by atoms with E-state index >= 15 is 0 Å². The lowest BCUT2D eigenvalue weighted by atomic mass is 10.0. The third kappa shape index (κ3) is 5.04. The molecule has 0 bridgehead atoms. The quantitative estimate of drug-likeness (QED) is 0.645. The van der Waals surface area contributed by atoms with Gasteiger partial charge in [0.05, 0.1) is 13.2 Å². The van der Waals surface area contributed by atoms with E-state index in [0.29, 0.717) is 18.8 Å². The maximum Gasteiger partial charge on any atom is 0.333 e. The molecule has 9 nitrogen and oxygen atoms in total. The Balaban J connectivity index is 1.99. The number of hydrogen-bond donors (Lipinski definition) is 2. The van der Waals surface area contributed by atoms with Gasteiger partial charge < -0.3 is 20.7 Å². The molecule has 0 aliphatic carbocycles. The molecule has 0 spiro atoms. The molecular formula is C23H33N5O4. The number of rotatable bonds is 8. The van der Waals surface area contributed by atoms with Crippen molar-refractivity contribution < 1.29 is 9.53 Å². The van der Waals surface area contributed by atoms with Crippen LogP contribution in [0.4, 0.5) is 17.2 Å². The first-order valence-corrected chi connectivity index (χ1v) is 11.1. The fourth-order valence-electron chi connectivity index (χ4n) is 4.10. The molecule has 0 saturated carbocycles. The van der Waals surface area contributed by atoms with Gasteiger partial charge in [0.25, 0.3) is 5.56 Å². The Bertz CT molecular complexity index is 1070. The number of methoxy groups -OCH3 is 1. The van der Waals surface area contributed by atoms with Crippen LogP contribution in [0.25, 0.3) is 0 Å². The van der Waals surface area contributed by atoms with E-state index in [1.165, 1.54) is 11.7 Å². The molecule has 2 heterocycles. The third-order valence-corrected chi connectivity index (χ3v) is 5.79. The molecule has 1 amide bonds. The second kappa shape index (κ2) is 10.5. The van der Waals surface area contributed by atoms with Crippen molar-refractivity contribution >= 4 is 23.1 Å². The van der Waals surface area contributed by atoms with Crippen molar-refractivity contribution in [3.05, 3.63) is 50.7 Å². The Hall–Kier alpha value is -3.07. The molecule has 9 heteroatoms. The van der Waals surface area contributed by atoms with Gasteiger partial charge in [-0.15, -0.1) is 0 Å². The van der Waals surface area contributed by atoms with Crippen LogP contribution in [-0.4, -0.2) is 41.8 Å². The van der Waals surface area contributed by atoms with Crippen LogP contribution in [0.1, 0.15) is 44.6 Å². The largest absolute Gasteiger partial charge is 0.383 e. The van der Waals surface area contributed by atoms with Gasteiger partial charge in [0, 0.05) is 25.9 Å². The molecule has 0 unspecified atom stereocenters. The first kappa shape index (κ1) is 23.6. The fourth-order valence-corrected chi connectivity index (χ4v) is 4.10. The van der Waals surface area contributed by atoms with E-state index in [4.69, 9.17) is 10.5 Å². The summed E-state index contributed by atoms with van der Waals surface area (Å²) in [5.74, 6) is -0.103. The van der Waals surface area contributed by atoms with E-state index in [-0.39, 0.29) is 30.6 Å². The Labute approximate surface area is 187 Å². The number of piperidine rings is 1. The van der Waals surface area contributed by atoms with Crippen LogP contribution in [-0.2, 0) is 22.6 Å². The van der Waals surface area contributed by atoms with E-state index in [9.17, 15) is 14.4 Å². The predicted molar refractivity (Wildman–Crippen MR) is 126 cm³/mol. The maximum absolute atomic E-state index is 13.3. The van der Waals surface area contributed by atoms with E-state index in [0.717, 1.165) is 29.4 Å². The van der Waals surface area contributed by atoms with E-state index in [2.05, 4.69) is 5.32 Å². The number of para-hydroxylation sites is 1. The van der Waals surface area contributed by atoms with Crippen molar-refractivity contribution in [3.8, 4) is 0 Å². The van der Waals surface area contributed by atoms with Gasteiger partial charge in [0.2, 0.25) is 5.91 Å². The second-order valence-electron chi connectivity index (χ2n) is 8.39. The standard InChI is InChI=1S/C23H33N5O4/c1-16(2)17-9-5-6-10-18(17)25-19(29)15-28-22(30)20(26-11-7-4-8-12-26)21(24)27(23(28)31)13-14-32-3/h5-6,9-10,16H,4,7-8,11-15,24H2,1-3H3,(H,25,29). The number of nitrogens with zero attached hydrogens (tertiary/aromatic N) is 3. The number of hydrogen-bond acceptors (Lipinski definition) is 6. The first-order chi connectivity index (χ1) is 15.3. The number of ether oxygens (including phenoxy) is 1. The lowest BCUT2D eigenvalue weighted by Gasteiger charge is -2.30. The number of nitrogen functional groups attached to an aromatic ring is 1. The van der Waals surface area contributed by atoms with Gasteiger partial charge in [0.1, 0.15) is 18.1 Å². The van der Waals surface area contributed by atoms with Crippen molar-refractivity contribution in [1.82, 2.24) is 9.13 Å². The van der Waals surface area contributed by atoms with E-state index < -0.39 is 23.7 Å². The smallest absolute Gasteiger partial charge is 0.333 e. The summed E-state index contributed by atoms with van der Waals surface area (Å²) in [5, 5.41) is 2.85. The van der Waals surface area contributed by atoms with Gasteiger partial charge in [-0.3, -0.25) is 14.2 Å². The van der Waals surface area contributed by atoms with Gasteiger partial charge in [-0.1, -0.05) is 32.0 Å². The Morgan fingerprint density at radius 2 is 1.81 bits per heavy atom. The van der Waals surface area contributed by atoms with Crippen LogP contribution in [0.3, 0.4) is 0 Å². The molecule has 1 fully saturated rings. The van der Waals surface area contributed by atoms with Gasteiger partial charge in [-0.05, 0) is 36.8 Å². The van der Waals surface area contributed by atoms with E-state index in [1.807, 2.05) is 43.0 Å². The molecule has 1 aliphatic heterocycles. The molecular weight excluding hydrogens is 410 g/mol. The molecule has 2 aromatic rings. The van der Waals surface area contributed by atoms with Crippen LogP contribution in [0.15, 0.2) is 33.9 Å². The monoisotopic (exact) mass is 443 g/mol. The number of anilines is 3. The summed E-state index contributed by atoms with van der Waals surface area (Å²) in [6, 6.07) is 7.51. The molecule has 0 atom stereocenters. The van der Waals surface area contributed by atoms with Gasteiger partial charge in [-0.2, -0.15) is 0 Å². The van der Waals surface area contributed by atoms with Crippen molar-refractivity contribution in [1.29, 1.82) is 0 Å². The SMILES string of the molecule is COCCn1c(N)c(N2CCCCC2)c(=O)n(CC(=O)Nc2ccccc2C(C)C)c1=O. The predicted octanol–water partition coefficient (Wildman–Crippen LogP) is 1.99. The minimum atomic E-state index is -0.613. The summed E-state index contributed by atoms with van der Waals surface area (Å²) in [7, 11) is 1.53. The summed E-state index contributed by atoms with van der Waals surface area (Å²) in [5.41, 5.74) is 7.08. The van der Waals surface area contributed by atoms with Crippen LogP contribution in [0.2, 0.25) is 0 Å². The minimum Gasteiger partial charge on any atom is -0.383 e. The number of nitrogens with two attached hydrogens (primary N) is 1. The highest BCUT2D eigenvalue weighted by Crippen LogP contribution is 2.24. The fraction of sp³-hybridized carbons (Fsp3) is 0.522. The molecule has 0 radical (unpaired) electrons. The third-order valence-electron chi connectivity index (χ3n) is 5.79. The number of nitrogens with one attached hydrogen (secondary N) is 1. The van der Waals surface area contributed by atoms with Crippen molar-refractivity contribution in [3.63, 3.8) is 0 Å². The molecule has 3 rings (SSSR count). The minimum absolute atomic E-state index is 0.126. The average molecular weight is 444 g/mol. The zero-order valence-electron chi connectivity index (χ0n) is 19.1. The Kier molecular flexibility index (Phi) is 7.74. The molecule has 32 heavy (non-hydrogen) atoms. The highest BCUT2D eigenvalue weighted by Gasteiger charge is 2.24. The van der Waals surface area contributed by atoms with Gasteiger partial charge in [0.15, 0.2) is 0 Å². The summed E-state index contributed by atoms with van der Waals surface area (Å²) >= 11 is 0. The molecule has 1 aliphatic rings. The molecule has 174 valence electrons. The Morgan fingerprint density at radius 3 is 2.47 bits per heavy atom. The number of benzene rings is 1. The molecule has 3 N–H and O–H groups in total. The average Bonchev–Trinajstić information content (AvgIpc) is 2.77. The van der Waals surface area contributed by atoms with E-state index in [1.54, 1.807) is 0 Å². The summed E-state index contributed by atoms with van der Waals surface area (Å²) in [6.45, 7) is 5.52. The maximum atomic E-state index is 13.3. The topological polar surface area (TPSA) is 112 Å². The van der Waals surface area contributed by atoms with Crippen LogP contribution in [0.5, 0.6) is 0 Å². The first-order valence-electron chi connectivity index (χ1n) is 11.1. The zero-order valence-corrected chi connectivity index (χ0v) is 19.1. The number of amides is 1. The van der Waals surface area contributed by atoms with Gasteiger partial charge >= 0.3 is 5.69 Å². The zero-order chi connectivity index (χ0) is 23.3. The van der Waals surface area contributed by atoms with Crippen LogP contribution >= 0.6 is 0 Å². The second-order valence-corrected chi connectivity index (χ2v) is 8.39. The number of aromatic nitrogens is 2. The summed E-state index contributed by atoms with van der Waals surface area (Å²) in [6.07, 6.45) is 2.98. The van der Waals surface area contributed by atoms with Crippen LogP contribution in [0, 0.1) is 0 Å². The highest BCUT2D eigenvalue weighted by atomic mass is 16.5. The lowest BCUT2D eigenvalue weighted by molar-refractivity contribution is -0.116. The Morgan fingerprint density at radius 1 is 1.12 bits per heavy atom. The van der Waals surface area contributed by atoms with Crippen molar-refractivity contribution in [2.75, 3.05) is 42.8 Å². The van der Waals surface area contributed by atoms with Crippen molar-refractivity contribution in [2.24, 2.45) is 0 Å². The van der Waals surface area contributed by atoms with Gasteiger partial charge in [-0.25, -0.2) is 9.36 Å². The summed E-state index contributed by atoms with van der Waals surface area (Å²) in [4.78, 5) is 41.2. The number of carbonyl (C=O) groups excluding carboxylic acids is 1. The van der Waals surface area contributed by atoms with Crippen molar-refractivity contribution in [2.45, 2.75) is 52.1 Å². The highest BCUT2D eigenvalue weighted by molar-refractivity contribution is 5.91.